The van der Waals surface area contributed by atoms with Crippen molar-refractivity contribution in [1.82, 2.24) is 10.2 Å². The third kappa shape index (κ3) is 9.85. The molecule has 2 amide bonds. The van der Waals surface area contributed by atoms with Crippen molar-refractivity contribution in [3.05, 3.63) is 90.0 Å². The lowest BCUT2D eigenvalue weighted by molar-refractivity contribution is -0.142. The lowest BCUT2D eigenvalue weighted by Gasteiger charge is -2.37. The van der Waals surface area contributed by atoms with Crippen LogP contribution in [0.1, 0.15) is 130 Å². The number of aromatic hydroxyl groups is 1. The summed E-state index contributed by atoms with van der Waals surface area (Å²) in [4.78, 5) is 31.1. The standard InChI is InChI=1S/C47H62N2O3/c1-8-10-14-33(15-11-9-2)16-13-31-49(44(38-23-27-39(50)28-24-38)45(52)48-47(6,7)32-46(3,4)5)41(51)30-26-34-19-20-37-22-21-35-17-12-18-36-25-29-40(34)43(37)42(35)36/h12,17-25,27-29,33,44,50H,8-11,13-16,26,30-32H2,1-7H3,(H,48,52). The van der Waals surface area contributed by atoms with Gasteiger partial charge >= 0.3 is 0 Å². The van der Waals surface area contributed by atoms with Gasteiger partial charge in [0.25, 0.3) is 0 Å². The second-order valence-corrected chi connectivity index (χ2v) is 17.1. The molecule has 5 heteroatoms. The molecule has 0 heterocycles. The molecule has 0 spiro atoms. The molecule has 2 N–H and O–H groups in total. The number of carbonyl (C=O) groups excluding carboxylic acids is 2. The highest BCUT2D eigenvalue weighted by atomic mass is 16.3. The fourth-order valence-electron chi connectivity index (χ4n) is 8.67. The molecule has 0 saturated heterocycles. The van der Waals surface area contributed by atoms with Crippen LogP contribution in [0.3, 0.4) is 0 Å². The fraction of sp³-hybridized carbons (Fsp3) is 0.489. The molecule has 278 valence electrons. The van der Waals surface area contributed by atoms with E-state index in [9.17, 15) is 14.7 Å². The third-order valence-electron chi connectivity index (χ3n) is 10.7. The highest BCUT2D eigenvalue weighted by Gasteiger charge is 2.35. The molecule has 1 atom stereocenters. The van der Waals surface area contributed by atoms with Crippen LogP contribution in [-0.4, -0.2) is 33.9 Å². The molecule has 5 rings (SSSR count). The maximum atomic E-state index is 14.7. The van der Waals surface area contributed by atoms with Crippen molar-refractivity contribution in [2.45, 2.75) is 131 Å². The van der Waals surface area contributed by atoms with Gasteiger partial charge in [0.2, 0.25) is 11.8 Å². The Morgan fingerprint density at radius 1 is 0.731 bits per heavy atom. The maximum Gasteiger partial charge on any atom is 0.247 e. The summed E-state index contributed by atoms with van der Waals surface area (Å²) in [5.74, 6) is 0.564. The number of nitrogens with one attached hydrogen (secondary N) is 1. The molecule has 5 aromatic rings. The fourth-order valence-corrected chi connectivity index (χ4v) is 8.67. The first kappa shape index (κ1) is 39.1. The molecule has 0 radical (unpaired) electrons. The molecule has 0 aromatic heterocycles. The summed E-state index contributed by atoms with van der Waals surface area (Å²) in [5, 5.41) is 20.9. The van der Waals surface area contributed by atoms with Crippen molar-refractivity contribution in [3.63, 3.8) is 0 Å². The summed E-state index contributed by atoms with van der Waals surface area (Å²) >= 11 is 0. The predicted molar refractivity (Wildman–Crippen MR) is 219 cm³/mol. The number of aryl methyl sites for hydroxylation is 1. The summed E-state index contributed by atoms with van der Waals surface area (Å²) in [5.41, 5.74) is 1.39. The summed E-state index contributed by atoms with van der Waals surface area (Å²) in [6.07, 6.45) is 10.8. The van der Waals surface area contributed by atoms with Crippen LogP contribution >= 0.6 is 0 Å². The number of benzene rings is 5. The Hall–Kier alpha value is -4.12. The first-order valence-electron chi connectivity index (χ1n) is 19.9. The van der Waals surface area contributed by atoms with Crippen LogP contribution in [0.2, 0.25) is 0 Å². The number of phenolic OH excluding ortho intramolecular Hbond substituents is 1. The Morgan fingerprint density at radius 2 is 1.31 bits per heavy atom. The predicted octanol–water partition coefficient (Wildman–Crippen LogP) is 11.9. The van der Waals surface area contributed by atoms with Crippen LogP contribution in [0.5, 0.6) is 5.75 Å². The van der Waals surface area contributed by atoms with Gasteiger partial charge in [-0.05, 0) is 106 Å². The van der Waals surface area contributed by atoms with Crippen molar-refractivity contribution in [2.24, 2.45) is 11.3 Å². The zero-order valence-electron chi connectivity index (χ0n) is 32.9. The monoisotopic (exact) mass is 702 g/mol. The van der Waals surface area contributed by atoms with E-state index in [4.69, 9.17) is 0 Å². The SMILES string of the molecule is CCCCC(CCCC)CCCN(C(=O)CCc1ccc2ccc3cccc4ccc1c2c34)C(C(=O)NC(C)(C)CC(C)(C)C)c1ccc(O)cc1. The van der Waals surface area contributed by atoms with E-state index in [0.29, 0.717) is 30.9 Å². The van der Waals surface area contributed by atoms with Crippen LogP contribution < -0.4 is 5.32 Å². The zero-order valence-corrected chi connectivity index (χ0v) is 32.9. The molecule has 0 aliphatic heterocycles. The largest absolute Gasteiger partial charge is 0.508 e. The molecule has 0 saturated carbocycles. The quantitative estimate of drug-likeness (QED) is 0.0893. The minimum Gasteiger partial charge on any atom is -0.508 e. The van der Waals surface area contributed by atoms with Gasteiger partial charge in [-0.2, -0.15) is 0 Å². The highest BCUT2D eigenvalue weighted by Crippen LogP contribution is 2.37. The molecule has 0 aliphatic carbocycles. The summed E-state index contributed by atoms with van der Waals surface area (Å²) in [7, 11) is 0. The smallest absolute Gasteiger partial charge is 0.247 e. The van der Waals surface area contributed by atoms with Gasteiger partial charge in [-0.25, -0.2) is 0 Å². The van der Waals surface area contributed by atoms with Gasteiger partial charge in [0.1, 0.15) is 11.8 Å². The molecule has 5 aromatic carbocycles. The average Bonchev–Trinajstić information content (AvgIpc) is 3.09. The molecular weight excluding hydrogens is 641 g/mol. The second-order valence-electron chi connectivity index (χ2n) is 17.1. The van der Waals surface area contributed by atoms with E-state index in [1.807, 2.05) is 4.90 Å². The van der Waals surface area contributed by atoms with Gasteiger partial charge in [-0.3, -0.25) is 9.59 Å². The van der Waals surface area contributed by atoms with E-state index in [1.165, 1.54) is 70.8 Å². The Balaban J connectivity index is 1.47. The average molecular weight is 703 g/mol. The highest BCUT2D eigenvalue weighted by molar-refractivity contribution is 6.23. The van der Waals surface area contributed by atoms with E-state index in [1.54, 1.807) is 24.3 Å². The second kappa shape index (κ2) is 17.1. The van der Waals surface area contributed by atoms with E-state index >= 15 is 0 Å². The normalized spacial score (nSPS) is 13.0. The topological polar surface area (TPSA) is 69.6 Å². The van der Waals surface area contributed by atoms with Crippen molar-refractivity contribution in [3.8, 4) is 5.75 Å². The number of unbranched alkanes of at least 4 members (excludes halogenated alkanes) is 2. The van der Waals surface area contributed by atoms with Gasteiger partial charge in [0.05, 0.1) is 0 Å². The first-order chi connectivity index (χ1) is 24.8. The van der Waals surface area contributed by atoms with E-state index < -0.39 is 11.6 Å². The summed E-state index contributed by atoms with van der Waals surface area (Å²) < 4.78 is 0. The number of carbonyl (C=O) groups is 2. The summed E-state index contributed by atoms with van der Waals surface area (Å²) in [6.45, 7) is 15.7. The number of amides is 2. The third-order valence-corrected chi connectivity index (χ3v) is 10.7. The molecule has 1 unspecified atom stereocenters. The van der Waals surface area contributed by atoms with Gasteiger partial charge < -0.3 is 15.3 Å². The first-order valence-corrected chi connectivity index (χ1v) is 19.9. The molecule has 0 fully saturated rings. The minimum absolute atomic E-state index is 0.00693. The number of phenols is 1. The van der Waals surface area contributed by atoms with Crippen LogP contribution in [-0.2, 0) is 16.0 Å². The number of hydrogen-bond acceptors (Lipinski definition) is 3. The van der Waals surface area contributed by atoms with E-state index in [2.05, 4.69) is 108 Å². The van der Waals surface area contributed by atoms with Gasteiger partial charge in [0, 0.05) is 18.5 Å². The lowest BCUT2D eigenvalue weighted by Crippen LogP contribution is -2.52. The number of nitrogens with zero attached hydrogens (tertiary/aromatic N) is 1. The van der Waals surface area contributed by atoms with Crippen LogP contribution in [0.25, 0.3) is 32.3 Å². The van der Waals surface area contributed by atoms with Crippen molar-refractivity contribution >= 4 is 44.1 Å². The lowest BCUT2D eigenvalue weighted by atomic mass is 9.81. The van der Waals surface area contributed by atoms with Crippen molar-refractivity contribution < 1.29 is 14.7 Å². The molecule has 0 aliphatic rings. The number of hydrogen-bond donors (Lipinski definition) is 2. The Labute approximate surface area is 312 Å². The molecular formula is C47H62N2O3. The van der Waals surface area contributed by atoms with Crippen LogP contribution in [0.15, 0.2) is 78.9 Å². The Morgan fingerprint density at radius 3 is 1.92 bits per heavy atom. The van der Waals surface area contributed by atoms with Crippen molar-refractivity contribution in [1.29, 1.82) is 0 Å². The molecule has 5 nitrogen and oxygen atoms in total. The molecule has 0 bridgehead atoms. The van der Waals surface area contributed by atoms with Gasteiger partial charge in [-0.1, -0.05) is 140 Å². The number of rotatable bonds is 18. The van der Waals surface area contributed by atoms with Crippen LogP contribution in [0, 0.1) is 11.3 Å². The Kier molecular flexibility index (Phi) is 12.9. The van der Waals surface area contributed by atoms with Crippen molar-refractivity contribution in [2.75, 3.05) is 6.54 Å². The van der Waals surface area contributed by atoms with Crippen LogP contribution in [0.4, 0.5) is 0 Å². The zero-order chi connectivity index (χ0) is 37.5. The van der Waals surface area contributed by atoms with E-state index in [-0.39, 0.29) is 23.0 Å². The molecule has 52 heavy (non-hydrogen) atoms. The maximum absolute atomic E-state index is 14.7. The van der Waals surface area contributed by atoms with E-state index in [0.717, 1.165) is 24.8 Å². The minimum atomic E-state index is -0.807. The van der Waals surface area contributed by atoms with Gasteiger partial charge in [0.15, 0.2) is 0 Å². The summed E-state index contributed by atoms with van der Waals surface area (Å²) in [6, 6.07) is 25.6. The van der Waals surface area contributed by atoms with Gasteiger partial charge in [-0.15, -0.1) is 0 Å². The Bertz CT molecular complexity index is 1900.